The van der Waals surface area contributed by atoms with Crippen molar-refractivity contribution >= 4 is 11.3 Å². The molecular weight excluding hydrogens is 252 g/mol. The number of rotatable bonds is 6. The van der Waals surface area contributed by atoms with Crippen LogP contribution in [0.5, 0.6) is 0 Å². The Morgan fingerprint density at radius 2 is 2.26 bits per heavy atom. The smallest absolute Gasteiger partial charge is 0.0959 e. The Balaban J connectivity index is 1.85. The second-order valence-electron chi connectivity index (χ2n) is 6.33. The normalized spacial score (nSPS) is 24.0. The summed E-state index contributed by atoms with van der Waals surface area (Å²) < 4.78 is 0. The highest BCUT2D eigenvalue weighted by Crippen LogP contribution is 2.38. The van der Waals surface area contributed by atoms with Gasteiger partial charge in [-0.1, -0.05) is 40.0 Å². The second-order valence-corrected chi connectivity index (χ2v) is 7.47. The summed E-state index contributed by atoms with van der Waals surface area (Å²) in [5.41, 5.74) is 0. The second kappa shape index (κ2) is 7.39. The van der Waals surface area contributed by atoms with Crippen LogP contribution in [0.4, 0.5) is 0 Å². The Morgan fingerprint density at radius 1 is 1.42 bits per heavy atom. The van der Waals surface area contributed by atoms with Crippen LogP contribution >= 0.6 is 11.3 Å². The number of nitrogens with zero attached hydrogens (tertiary/aromatic N) is 1. The van der Waals surface area contributed by atoms with Gasteiger partial charge in [-0.2, -0.15) is 0 Å². The maximum absolute atomic E-state index is 4.68. The van der Waals surface area contributed by atoms with Crippen LogP contribution in [-0.4, -0.2) is 11.5 Å². The monoisotopic (exact) mass is 280 g/mol. The third kappa shape index (κ3) is 4.57. The Labute approximate surface area is 122 Å². The molecule has 2 unspecified atom stereocenters. The van der Waals surface area contributed by atoms with E-state index in [2.05, 4.69) is 37.3 Å². The van der Waals surface area contributed by atoms with E-state index in [0.29, 0.717) is 0 Å². The molecule has 1 aromatic rings. The van der Waals surface area contributed by atoms with E-state index in [0.717, 1.165) is 30.8 Å². The van der Waals surface area contributed by atoms with Gasteiger partial charge in [-0.3, -0.25) is 0 Å². The number of aromatic nitrogens is 1. The van der Waals surface area contributed by atoms with Gasteiger partial charge in [-0.25, -0.2) is 4.98 Å². The number of hydrogen-bond donors (Lipinski definition) is 1. The van der Waals surface area contributed by atoms with Gasteiger partial charge in [0.1, 0.15) is 0 Å². The molecule has 2 rings (SSSR count). The van der Waals surface area contributed by atoms with E-state index in [1.807, 2.05) is 11.3 Å². The lowest BCUT2D eigenvalue weighted by Gasteiger charge is -2.26. The van der Waals surface area contributed by atoms with E-state index in [1.165, 1.54) is 42.0 Å². The number of hydrogen-bond acceptors (Lipinski definition) is 3. The maximum Gasteiger partial charge on any atom is 0.0959 e. The minimum absolute atomic E-state index is 0.719. The molecule has 1 aromatic heterocycles. The summed E-state index contributed by atoms with van der Waals surface area (Å²) >= 11 is 1.93. The van der Waals surface area contributed by atoms with Gasteiger partial charge in [0.2, 0.25) is 0 Å². The molecule has 0 spiro atoms. The lowest BCUT2D eigenvalue weighted by Crippen LogP contribution is -2.18. The number of thiazole rings is 1. The summed E-state index contributed by atoms with van der Waals surface area (Å²) in [7, 11) is 0. The minimum atomic E-state index is 0.719. The minimum Gasteiger partial charge on any atom is -0.312 e. The average molecular weight is 280 g/mol. The standard InChI is InChI=1S/C16H28N2S/c1-4-13-6-5-7-14(8-13)16-18-11-15(19-16)10-17-9-12(2)3/h11-14,17H,4-10H2,1-3H3. The van der Waals surface area contributed by atoms with Gasteiger partial charge in [0, 0.05) is 23.5 Å². The molecular formula is C16H28N2S. The molecule has 1 N–H and O–H groups in total. The molecule has 0 radical (unpaired) electrons. The van der Waals surface area contributed by atoms with E-state index >= 15 is 0 Å². The van der Waals surface area contributed by atoms with Crippen LogP contribution in [-0.2, 0) is 6.54 Å². The molecule has 1 aliphatic rings. The van der Waals surface area contributed by atoms with E-state index in [-0.39, 0.29) is 0 Å². The molecule has 108 valence electrons. The highest BCUT2D eigenvalue weighted by atomic mass is 32.1. The fourth-order valence-corrected chi connectivity index (χ4v) is 4.00. The summed E-state index contributed by atoms with van der Waals surface area (Å²) in [5.74, 6) is 2.39. The molecule has 0 saturated heterocycles. The zero-order chi connectivity index (χ0) is 13.7. The first-order valence-electron chi connectivity index (χ1n) is 7.84. The molecule has 2 nitrogen and oxygen atoms in total. The SMILES string of the molecule is CCC1CCCC(c2ncc(CNCC(C)C)s2)C1. The van der Waals surface area contributed by atoms with Crippen molar-refractivity contribution in [1.82, 2.24) is 10.3 Å². The van der Waals surface area contributed by atoms with Crippen molar-refractivity contribution in [2.24, 2.45) is 11.8 Å². The fourth-order valence-electron chi connectivity index (χ4n) is 2.96. The molecule has 19 heavy (non-hydrogen) atoms. The first-order valence-corrected chi connectivity index (χ1v) is 8.66. The Kier molecular flexibility index (Phi) is 5.83. The lowest BCUT2D eigenvalue weighted by molar-refractivity contribution is 0.314. The van der Waals surface area contributed by atoms with Gasteiger partial charge in [0.05, 0.1) is 5.01 Å². The quantitative estimate of drug-likeness (QED) is 0.825. The summed E-state index contributed by atoms with van der Waals surface area (Å²) in [6.07, 6.45) is 8.96. The summed E-state index contributed by atoms with van der Waals surface area (Å²) in [5, 5.41) is 4.90. The van der Waals surface area contributed by atoms with Crippen LogP contribution in [0.25, 0.3) is 0 Å². The van der Waals surface area contributed by atoms with Crippen molar-refractivity contribution in [2.45, 2.75) is 65.3 Å². The Bertz CT molecular complexity index is 373. The van der Waals surface area contributed by atoms with E-state index in [1.54, 1.807) is 0 Å². The molecule has 0 bridgehead atoms. The molecule has 1 aliphatic carbocycles. The van der Waals surface area contributed by atoms with Crippen molar-refractivity contribution < 1.29 is 0 Å². The van der Waals surface area contributed by atoms with Gasteiger partial charge in [-0.05, 0) is 31.2 Å². The van der Waals surface area contributed by atoms with Crippen molar-refractivity contribution in [1.29, 1.82) is 0 Å². The third-order valence-electron chi connectivity index (χ3n) is 4.13. The molecule has 2 atom stereocenters. The first kappa shape index (κ1) is 15.0. The van der Waals surface area contributed by atoms with Crippen molar-refractivity contribution in [3.8, 4) is 0 Å². The first-order chi connectivity index (χ1) is 9.19. The maximum atomic E-state index is 4.68. The van der Waals surface area contributed by atoms with Gasteiger partial charge in [0.25, 0.3) is 0 Å². The Hall–Kier alpha value is -0.410. The molecule has 1 saturated carbocycles. The third-order valence-corrected chi connectivity index (χ3v) is 5.29. The van der Waals surface area contributed by atoms with Crippen molar-refractivity contribution in [2.75, 3.05) is 6.54 Å². The van der Waals surface area contributed by atoms with Crippen LogP contribution in [0.3, 0.4) is 0 Å². The van der Waals surface area contributed by atoms with E-state index in [4.69, 9.17) is 0 Å². The molecule has 0 aromatic carbocycles. The number of nitrogens with one attached hydrogen (secondary N) is 1. The largest absolute Gasteiger partial charge is 0.312 e. The predicted molar refractivity (Wildman–Crippen MR) is 83.6 cm³/mol. The summed E-state index contributed by atoms with van der Waals surface area (Å²) in [4.78, 5) is 6.08. The van der Waals surface area contributed by atoms with Crippen LogP contribution in [0.1, 0.15) is 68.7 Å². The summed E-state index contributed by atoms with van der Waals surface area (Å²) in [6, 6.07) is 0. The molecule has 0 amide bonds. The van der Waals surface area contributed by atoms with Crippen LogP contribution in [0.15, 0.2) is 6.20 Å². The average Bonchev–Trinajstić information content (AvgIpc) is 2.87. The van der Waals surface area contributed by atoms with Gasteiger partial charge < -0.3 is 5.32 Å². The molecule has 1 fully saturated rings. The van der Waals surface area contributed by atoms with Gasteiger partial charge in [-0.15, -0.1) is 11.3 Å². The van der Waals surface area contributed by atoms with Crippen LogP contribution in [0.2, 0.25) is 0 Å². The molecule has 1 heterocycles. The van der Waals surface area contributed by atoms with Gasteiger partial charge in [0.15, 0.2) is 0 Å². The van der Waals surface area contributed by atoms with Crippen LogP contribution < -0.4 is 5.32 Å². The predicted octanol–water partition coefficient (Wildman–Crippen LogP) is 4.57. The fraction of sp³-hybridized carbons (Fsp3) is 0.812. The molecule has 3 heteroatoms. The highest BCUT2D eigenvalue weighted by Gasteiger charge is 2.24. The van der Waals surface area contributed by atoms with Crippen molar-refractivity contribution in [3.05, 3.63) is 16.1 Å². The zero-order valence-electron chi connectivity index (χ0n) is 12.6. The van der Waals surface area contributed by atoms with Crippen LogP contribution in [0, 0.1) is 11.8 Å². The highest BCUT2D eigenvalue weighted by molar-refractivity contribution is 7.11. The molecule has 0 aliphatic heterocycles. The lowest BCUT2D eigenvalue weighted by atomic mass is 9.80. The van der Waals surface area contributed by atoms with Gasteiger partial charge >= 0.3 is 0 Å². The zero-order valence-corrected chi connectivity index (χ0v) is 13.4. The Morgan fingerprint density at radius 3 is 3.00 bits per heavy atom. The van der Waals surface area contributed by atoms with E-state index < -0.39 is 0 Å². The summed E-state index contributed by atoms with van der Waals surface area (Å²) in [6.45, 7) is 8.90. The van der Waals surface area contributed by atoms with E-state index in [9.17, 15) is 0 Å². The topological polar surface area (TPSA) is 24.9 Å². The van der Waals surface area contributed by atoms with Crippen molar-refractivity contribution in [3.63, 3.8) is 0 Å².